The van der Waals surface area contributed by atoms with Crippen molar-refractivity contribution in [3.63, 3.8) is 0 Å². The van der Waals surface area contributed by atoms with Gasteiger partial charge in [-0.2, -0.15) is 0 Å². The first-order valence-corrected chi connectivity index (χ1v) is 5.23. The van der Waals surface area contributed by atoms with E-state index in [0.29, 0.717) is 11.1 Å². The second-order valence-electron chi connectivity index (χ2n) is 3.53. The maximum absolute atomic E-state index is 11.5. The SMILES string of the molecule is CCOC(=O)C(O)c1c(C)cc(O)cc1OC. The second-order valence-corrected chi connectivity index (χ2v) is 3.53. The van der Waals surface area contributed by atoms with Crippen LogP contribution < -0.4 is 4.74 Å². The van der Waals surface area contributed by atoms with E-state index in [0.717, 1.165) is 0 Å². The van der Waals surface area contributed by atoms with Crippen molar-refractivity contribution in [2.24, 2.45) is 0 Å². The molecule has 1 atom stereocenters. The van der Waals surface area contributed by atoms with Crippen LogP contribution in [0.1, 0.15) is 24.2 Å². The van der Waals surface area contributed by atoms with Crippen LogP contribution in [0.4, 0.5) is 0 Å². The van der Waals surface area contributed by atoms with E-state index in [2.05, 4.69) is 0 Å². The molecule has 1 aromatic rings. The van der Waals surface area contributed by atoms with Gasteiger partial charge in [-0.15, -0.1) is 0 Å². The summed E-state index contributed by atoms with van der Waals surface area (Å²) < 4.78 is 9.76. The lowest BCUT2D eigenvalue weighted by molar-refractivity contribution is -0.153. The Morgan fingerprint density at radius 3 is 2.65 bits per heavy atom. The molecule has 0 aliphatic heterocycles. The zero-order valence-corrected chi connectivity index (χ0v) is 10.1. The highest BCUT2D eigenvalue weighted by Gasteiger charge is 2.24. The van der Waals surface area contributed by atoms with Crippen molar-refractivity contribution in [2.45, 2.75) is 20.0 Å². The van der Waals surface area contributed by atoms with E-state index in [9.17, 15) is 15.0 Å². The summed E-state index contributed by atoms with van der Waals surface area (Å²) in [5.41, 5.74) is 0.867. The van der Waals surface area contributed by atoms with Crippen LogP contribution in [0.5, 0.6) is 11.5 Å². The van der Waals surface area contributed by atoms with Crippen LogP contribution in [0, 0.1) is 6.92 Å². The van der Waals surface area contributed by atoms with Crippen molar-refractivity contribution in [1.82, 2.24) is 0 Å². The van der Waals surface area contributed by atoms with Gasteiger partial charge in [0.25, 0.3) is 0 Å². The Kier molecular flexibility index (Phi) is 4.34. The molecule has 0 spiro atoms. The summed E-state index contributed by atoms with van der Waals surface area (Å²) in [7, 11) is 1.40. The quantitative estimate of drug-likeness (QED) is 0.776. The molecule has 0 saturated heterocycles. The van der Waals surface area contributed by atoms with E-state index in [1.165, 1.54) is 19.2 Å². The van der Waals surface area contributed by atoms with Crippen LogP contribution in [0.25, 0.3) is 0 Å². The molecule has 0 fully saturated rings. The van der Waals surface area contributed by atoms with Crippen molar-refractivity contribution < 1.29 is 24.5 Å². The van der Waals surface area contributed by atoms with E-state index in [4.69, 9.17) is 9.47 Å². The fourth-order valence-electron chi connectivity index (χ4n) is 1.61. The monoisotopic (exact) mass is 240 g/mol. The Hall–Kier alpha value is -1.75. The summed E-state index contributed by atoms with van der Waals surface area (Å²) in [4.78, 5) is 11.5. The molecular weight excluding hydrogens is 224 g/mol. The molecule has 1 aromatic carbocycles. The van der Waals surface area contributed by atoms with E-state index >= 15 is 0 Å². The third kappa shape index (κ3) is 2.88. The van der Waals surface area contributed by atoms with E-state index < -0.39 is 12.1 Å². The van der Waals surface area contributed by atoms with Gasteiger partial charge in [-0.25, -0.2) is 4.79 Å². The van der Waals surface area contributed by atoms with E-state index in [1.807, 2.05) is 0 Å². The van der Waals surface area contributed by atoms with E-state index in [-0.39, 0.29) is 18.1 Å². The van der Waals surface area contributed by atoms with Gasteiger partial charge in [0.15, 0.2) is 6.10 Å². The van der Waals surface area contributed by atoms with Crippen LogP contribution >= 0.6 is 0 Å². The number of aliphatic hydroxyl groups excluding tert-OH is 1. The smallest absolute Gasteiger partial charge is 0.339 e. The summed E-state index contributed by atoms with van der Waals surface area (Å²) in [5.74, 6) is -0.471. The predicted molar refractivity (Wildman–Crippen MR) is 61.0 cm³/mol. The van der Waals surface area contributed by atoms with Crippen molar-refractivity contribution in [3.05, 3.63) is 23.3 Å². The number of benzene rings is 1. The number of aryl methyl sites for hydroxylation is 1. The van der Waals surface area contributed by atoms with Gasteiger partial charge in [-0.3, -0.25) is 0 Å². The molecule has 0 radical (unpaired) electrons. The summed E-state index contributed by atoms with van der Waals surface area (Å²) in [6, 6.07) is 2.78. The molecule has 0 heterocycles. The van der Waals surface area contributed by atoms with E-state index in [1.54, 1.807) is 13.8 Å². The number of phenols is 1. The number of carbonyl (C=O) groups excluding carboxylic acids is 1. The molecule has 0 aromatic heterocycles. The number of esters is 1. The van der Waals surface area contributed by atoms with Gasteiger partial charge in [0.2, 0.25) is 0 Å². The molecule has 0 amide bonds. The normalized spacial score (nSPS) is 12.0. The van der Waals surface area contributed by atoms with Crippen molar-refractivity contribution in [2.75, 3.05) is 13.7 Å². The van der Waals surface area contributed by atoms with Crippen LogP contribution in [0.3, 0.4) is 0 Å². The van der Waals surface area contributed by atoms with Crippen LogP contribution in [-0.2, 0) is 9.53 Å². The molecule has 1 unspecified atom stereocenters. The predicted octanol–water partition coefficient (Wildman–Crippen LogP) is 1.31. The molecule has 0 aliphatic carbocycles. The van der Waals surface area contributed by atoms with Gasteiger partial charge < -0.3 is 19.7 Å². The highest BCUT2D eigenvalue weighted by Crippen LogP contribution is 2.33. The number of ether oxygens (including phenoxy) is 2. The topological polar surface area (TPSA) is 76.0 Å². The van der Waals surface area contributed by atoms with Gasteiger partial charge >= 0.3 is 5.97 Å². The van der Waals surface area contributed by atoms with Gasteiger partial charge in [0.1, 0.15) is 11.5 Å². The number of aromatic hydroxyl groups is 1. The standard InChI is InChI=1S/C12H16O5/c1-4-17-12(15)11(14)10-7(2)5-8(13)6-9(10)16-3/h5-6,11,13-14H,4H2,1-3H3. The number of rotatable bonds is 4. The van der Waals surface area contributed by atoms with Crippen molar-refractivity contribution in [3.8, 4) is 11.5 Å². The molecule has 1 rings (SSSR count). The van der Waals surface area contributed by atoms with Crippen molar-refractivity contribution in [1.29, 1.82) is 0 Å². The number of aliphatic hydroxyl groups is 1. The lowest BCUT2D eigenvalue weighted by atomic mass is 10.0. The minimum Gasteiger partial charge on any atom is -0.508 e. The van der Waals surface area contributed by atoms with Crippen LogP contribution in [0.2, 0.25) is 0 Å². The Labute approximate surface area is 99.6 Å². The van der Waals surface area contributed by atoms with Gasteiger partial charge in [0, 0.05) is 11.6 Å². The lowest BCUT2D eigenvalue weighted by Gasteiger charge is -2.16. The van der Waals surface area contributed by atoms with Crippen LogP contribution in [-0.4, -0.2) is 29.9 Å². The molecule has 0 aliphatic rings. The molecule has 94 valence electrons. The fraction of sp³-hybridized carbons (Fsp3) is 0.417. The Bertz CT molecular complexity index is 414. The van der Waals surface area contributed by atoms with Gasteiger partial charge in [-0.05, 0) is 25.5 Å². The average molecular weight is 240 g/mol. The maximum Gasteiger partial charge on any atom is 0.339 e. The minimum atomic E-state index is -1.41. The summed E-state index contributed by atoms with van der Waals surface area (Å²) in [5, 5.41) is 19.3. The minimum absolute atomic E-state index is 0.0131. The fourth-order valence-corrected chi connectivity index (χ4v) is 1.61. The summed E-state index contributed by atoms with van der Waals surface area (Å²) in [6.07, 6.45) is -1.41. The largest absolute Gasteiger partial charge is 0.508 e. The average Bonchev–Trinajstić information content (AvgIpc) is 2.27. The Balaban J connectivity index is 3.16. The van der Waals surface area contributed by atoms with Gasteiger partial charge in [0.05, 0.1) is 13.7 Å². The third-order valence-corrected chi connectivity index (χ3v) is 2.34. The van der Waals surface area contributed by atoms with Crippen molar-refractivity contribution >= 4 is 5.97 Å². The highest BCUT2D eigenvalue weighted by molar-refractivity contribution is 5.78. The van der Waals surface area contributed by atoms with Gasteiger partial charge in [-0.1, -0.05) is 0 Å². The summed E-state index contributed by atoms with van der Waals surface area (Å²) in [6.45, 7) is 3.51. The first kappa shape index (κ1) is 13.3. The summed E-state index contributed by atoms with van der Waals surface area (Å²) >= 11 is 0. The van der Waals surface area contributed by atoms with Crippen LogP contribution in [0.15, 0.2) is 12.1 Å². The molecular formula is C12H16O5. The number of carbonyl (C=O) groups is 1. The molecule has 5 nitrogen and oxygen atoms in total. The maximum atomic E-state index is 11.5. The Morgan fingerprint density at radius 1 is 1.47 bits per heavy atom. The molecule has 5 heteroatoms. The number of phenolic OH excluding ortho intramolecular Hbond substituents is 1. The number of hydrogen-bond donors (Lipinski definition) is 2. The zero-order chi connectivity index (χ0) is 13.0. The first-order chi connectivity index (χ1) is 8.01. The zero-order valence-electron chi connectivity index (χ0n) is 10.1. The molecule has 0 bridgehead atoms. The molecule has 17 heavy (non-hydrogen) atoms. The number of hydrogen-bond acceptors (Lipinski definition) is 5. The highest BCUT2D eigenvalue weighted by atomic mass is 16.5. The number of methoxy groups -OCH3 is 1. The third-order valence-electron chi connectivity index (χ3n) is 2.34. The first-order valence-electron chi connectivity index (χ1n) is 5.23. The molecule has 2 N–H and O–H groups in total. The lowest BCUT2D eigenvalue weighted by Crippen LogP contribution is -2.17. The Morgan fingerprint density at radius 2 is 2.12 bits per heavy atom. The second kappa shape index (κ2) is 5.54. The molecule has 0 saturated carbocycles.